The van der Waals surface area contributed by atoms with Crippen molar-refractivity contribution in [2.75, 3.05) is 0 Å². The van der Waals surface area contributed by atoms with Crippen LogP contribution in [0.5, 0.6) is 0 Å². The maximum Gasteiger partial charge on any atom is 0.0794 e. The highest BCUT2D eigenvalue weighted by Crippen LogP contribution is 2.18. The number of hydrogen-bond acceptors (Lipinski definition) is 4. The third-order valence-electron chi connectivity index (χ3n) is 2.50. The molecule has 1 N–H and O–H groups in total. The second-order valence-corrected chi connectivity index (χ2v) is 5.93. The Hall–Kier alpha value is -0.710. The van der Waals surface area contributed by atoms with Crippen LogP contribution < -0.4 is 5.32 Å². The maximum absolute atomic E-state index is 4.11. The Labute approximate surface area is 104 Å². The molecular formula is C12H16N2S2. The zero-order chi connectivity index (χ0) is 11.4. The summed E-state index contributed by atoms with van der Waals surface area (Å²) in [6.07, 6.45) is 3.04. The summed E-state index contributed by atoms with van der Waals surface area (Å²) in [6.45, 7) is 4.43. The van der Waals surface area contributed by atoms with Crippen LogP contribution in [0.4, 0.5) is 0 Å². The van der Waals surface area contributed by atoms with Crippen molar-refractivity contribution in [1.29, 1.82) is 0 Å². The zero-order valence-corrected chi connectivity index (χ0v) is 11.1. The molecule has 16 heavy (non-hydrogen) atoms. The first-order valence-corrected chi connectivity index (χ1v) is 7.18. The number of thiophene rings is 1. The van der Waals surface area contributed by atoms with Crippen LogP contribution in [0.2, 0.25) is 0 Å². The lowest BCUT2D eigenvalue weighted by Gasteiger charge is -2.18. The summed E-state index contributed by atoms with van der Waals surface area (Å²) in [5, 5.41) is 5.73. The molecule has 2 atom stereocenters. The van der Waals surface area contributed by atoms with Crippen LogP contribution in [0.25, 0.3) is 0 Å². The summed E-state index contributed by atoms with van der Waals surface area (Å²) >= 11 is 3.54. The molecule has 0 amide bonds. The van der Waals surface area contributed by atoms with E-state index in [1.807, 2.05) is 23.0 Å². The molecule has 0 aromatic carbocycles. The van der Waals surface area contributed by atoms with E-state index < -0.39 is 0 Å². The fourth-order valence-corrected chi connectivity index (χ4v) is 3.21. The molecule has 86 valence electrons. The van der Waals surface area contributed by atoms with Gasteiger partial charge in [-0.3, -0.25) is 4.98 Å². The van der Waals surface area contributed by atoms with Crippen LogP contribution in [0.1, 0.15) is 29.6 Å². The third kappa shape index (κ3) is 3.14. The minimum atomic E-state index is 0.391. The van der Waals surface area contributed by atoms with Crippen LogP contribution in [-0.2, 0) is 6.42 Å². The third-order valence-corrected chi connectivity index (χ3v) is 4.36. The van der Waals surface area contributed by atoms with Gasteiger partial charge in [0.25, 0.3) is 0 Å². The van der Waals surface area contributed by atoms with Crippen molar-refractivity contribution >= 4 is 22.7 Å². The van der Waals surface area contributed by atoms with Gasteiger partial charge in [0.1, 0.15) is 0 Å². The Morgan fingerprint density at radius 2 is 2.25 bits per heavy atom. The van der Waals surface area contributed by atoms with Crippen molar-refractivity contribution < 1.29 is 0 Å². The summed E-state index contributed by atoms with van der Waals surface area (Å²) in [4.78, 5) is 6.85. The largest absolute Gasteiger partial charge is 0.307 e. The molecule has 0 bridgehead atoms. The van der Waals surface area contributed by atoms with Crippen molar-refractivity contribution in [3.05, 3.63) is 39.0 Å². The average molecular weight is 252 g/mol. The van der Waals surface area contributed by atoms with Gasteiger partial charge in [-0.1, -0.05) is 6.07 Å². The summed E-state index contributed by atoms with van der Waals surface area (Å²) in [6, 6.07) is 5.19. The Morgan fingerprint density at radius 1 is 1.38 bits per heavy atom. The SMILES string of the molecule is CC(Cc1cccs1)NC(C)c1cncs1. The van der Waals surface area contributed by atoms with Gasteiger partial charge in [0.2, 0.25) is 0 Å². The Bertz CT molecular complexity index is 395. The quantitative estimate of drug-likeness (QED) is 0.881. The van der Waals surface area contributed by atoms with E-state index in [4.69, 9.17) is 0 Å². The fourth-order valence-electron chi connectivity index (χ4n) is 1.74. The van der Waals surface area contributed by atoms with Crippen molar-refractivity contribution in [3.63, 3.8) is 0 Å². The smallest absolute Gasteiger partial charge is 0.0794 e. The van der Waals surface area contributed by atoms with E-state index in [1.165, 1.54) is 9.75 Å². The van der Waals surface area contributed by atoms with E-state index in [-0.39, 0.29) is 0 Å². The van der Waals surface area contributed by atoms with Gasteiger partial charge in [0, 0.05) is 28.0 Å². The summed E-state index contributed by atoms with van der Waals surface area (Å²) in [5.74, 6) is 0. The van der Waals surface area contributed by atoms with Gasteiger partial charge in [0.05, 0.1) is 5.51 Å². The van der Waals surface area contributed by atoms with Gasteiger partial charge in [0.15, 0.2) is 0 Å². The van der Waals surface area contributed by atoms with Gasteiger partial charge in [-0.15, -0.1) is 22.7 Å². The number of nitrogens with one attached hydrogen (secondary N) is 1. The Kier molecular flexibility index (Phi) is 4.09. The second-order valence-electron chi connectivity index (χ2n) is 3.98. The van der Waals surface area contributed by atoms with E-state index in [1.54, 1.807) is 11.3 Å². The van der Waals surface area contributed by atoms with Crippen molar-refractivity contribution in [2.45, 2.75) is 32.4 Å². The molecule has 2 unspecified atom stereocenters. The molecule has 2 aromatic rings. The zero-order valence-electron chi connectivity index (χ0n) is 9.51. The van der Waals surface area contributed by atoms with E-state index in [0.29, 0.717) is 12.1 Å². The summed E-state index contributed by atoms with van der Waals surface area (Å²) < 4.78 is 0. The fraction of sp³-hybridized carbons (Fsp3) is 0.417. The molecule has 0 aliphatic carbocycles. The Morgan fingerprint density at radius 3 is 2.88 bits per heavy atom. The molecule has 0 aliphatic rings. The van der Waals surface area contributed by atoms with Gasteiger partial charge >= 0.3 is 0 Å². The van der Waals surface area contributed by atoms with Crippen LogP contribution in [0.15, 0.2) is 29.2 Å². The molecule has 0 aliphatic heterocycles. The molecule has 2 heterocycles. The Balaban J connectivity index is 1.85. The van der Waals surface area contributed by atoms with E-state index >= 15 is 0 Å². The van der Waals surface area contributed by atoms with Crippen LogP contribution >= 0.6 is 22.7 Å². The van der Waals surface area contributed by atoms with Crippen molar-refractivity contribution in [2.24, 2.45) is 0 Å². The molecule has 0 saturated heterocycles. The lowest BCUT2D eigenvalue weighted by Crippen LogP contribution is -2.30. The molecule has 0 spiro atoms. The topological polar surface area (TPSA) is 24.9 Å². The highest BCUT2D eigenvalue weighted by Gasteiger charge is 2.11. The van der Waals surface area contributed by atoms with Gasteiger partial charge in [-0.25, -0.2) is 0 Å². The van der Waals surface area contributed by atoms with Crippen LogP contribution in [-0.4, -0.2) is 11.0 Å². The number of hydrogen-bond donors (Lipinski definition) is 1. The minimum absolute atomic E-state index is 0.391. The first-order valence-electron chi connectivity index (χ1n) is 5.42. The number of thiazole rings is 1. The molecule has 2 rings (SSSR count). The summed E-state index contributed by atoms with van der Waals surface area (Å²) in [7, 11) is 0. The first kappa shape index (κ1) is 11.8. The minimum Gasteiger partial charge on any atom is -0.307 e. The van der Waals surface area contributed by atoms with Gasteiger partial charge < -0.3 is 5.32 Å². The average Bonchev–Trinajstić information content (AvgIpc) is 2.88. The van der Waals surface area contributed by atoms with E-state index in [2.05, 4.69) is 41.7 Å². The standard InChI is InChI=1S/C12H16N2S2/c1-9(6-11-4-3-5-15-11)14-10(2)12-7-13-8-16-12/h3-5,7-10,14H,6H2,1-2H3. The molecule has 2 nitrogen and oxygen atoms in total. The molecule has 4 heteroatoms. The molecule has 0 radical (unpaired) electrons. The predicted molar refractivity (Wildman–Crippen MR) is 71.1 cm³/mol. The lowest BCUT2D eigenvalue weighted by atomic mass is 10.2. The number of nitrogens with zero attached hydrogens (tertiary/aromatic N) is 1. The van der Waals surface area contributed by atoms with Gasteiger partial charge in [-0.2, -0.15) is 0 Å². The first-order chi connectivity index (χ1) is 7.75. The van der Waals surface area contributed by atoms with Crippen molar-refractivity contribution in [1.82, 2.24) is 10.3 Å². The number of aromatic nitrogens is 1. The highest BCUT2D eigenvalue weighted by molar-refractivity contribution is 7.10. The highest BCUT2D eigenvalue weighted by atomic mass is 32.1. The van der Waals surface area contributed by atoms with Crippen LogP contribution in [0.3, 0.4) is 0 Å². The van der Waals surface area contributed by atoms with Gasteiger partial charge in [-0.05, 0) is 31.7 Å². The molecule has 0 saturated carbocycles. The lowest BCUT2D eigenvalue weighted by molar-refractivity contribution is 0.483. The van der Waals surface area contributed by atoms with Crippen molar-refractivity contribution in [3.8, 4) is 0 Å². The maximum atomic E-state index is 4.11. The second kappa shape index (κ2) is 5.57. The van der Waals surface area contributed by atoms with Crippen LogP contribution in [0, 0.1) is 0 Å². The molecular weight excluding hydrogens is 236 g/mol. The monoisotopic (exact) mass is 252 g/mol. The summed E-state index contributed by atoms with van der Waals surface area (Å²) in [5.41, 5.74) is 1.89. The van der Waals surface area contributed by atoms with E-state index in [9.17, 15) is 0 Å². The molecule has 2 aromatic heterocycles. The normalized spacial score (nSPS) is 14.9. The number of rotatable bonds is 5. The predicted octanol–water partition coefficient (Wildman–Crippen LogP) is 3.49. The van der Waals surface area contributed by atoms with E-state index in [0.717, 1.165) is 6.42 Å². The molecule has 0 fully saturated rings.